The summed E-state index contributed by atoms with van der Waals surface area (Å²) in [5, 5.41) is 2.99. The van der Waals surface area contributed by atoms with Crippen LogP contribution >= 0.6 is 0 Å². The molecule has 0 saturated carbocycles. The van der Waals surface area contributed by atoms with Gasteiger partial charge >= 0.3 is 5.97 Å². The van der Waals surface area contributed by atoms with Crippen LogP contribution < -0.4 is 5.32 Å². The van der Waals surface area contributed by atoms with E-state index in [1.165, 1.54) is 12.7 Å². The van der Waals surface area contributed by atoms with Crippen LogP contribution in [0.3, 0.4) is 0 Å². The molecule has 3 aromatic carbocycles. The van der Waals surface area contributed by atoms with E-state index in [4.69, 9.17) is 4.74 Å². The molecule has 3 aromatic rings. The molecular formula is C26H27NO3. The summed E-state index contributed by atoms with van der Waals surface area (Å²) < 4.78 is 4.78. The number of rotatable bonds is 9. The standard InChI is InChI=1S/C26H27NO3/c1-30-26(29)24-12-7-11-23(18-24)22-16-14-21(15-17-22)19-27-25(28)13-6-5-10-20-8-3-2-4-9-20/h2-4,7-9,11-12,14-18H,5-6,10,13,19H2,1H3,(H,27,28). The van der Waals surface area contributed by atoms with Crippen molar-refractivity contribution < 1.29 is 14.3 Å². The van der Waals surface area contributed by atoms with Crippen molar-refractivity contribution in [1.29, 1.82) is 0 Å². The Hall–Kier alpha value is -3.40. The largest absolute Gasteiger partial charge is 0.465 e. The zero-order valence-corrected chi connectivity index (χ0v) is 17.3. The van der Waals surface area contributed by atoms with Crippen LogP contribution in [0.5, 0.6) is 0 Å². The zero-order chi connectivity index (χ0) is 21.2. The average molecular weight is 402 g/mol. The first kappa shape index (κ1) is 21.3. The summed E-state index contributed by atoms with van der Waals surface area (Å²) in [6.45, 7) is 0.514. The van der Waals surface area contributed by atoms with E-state index >= 15 is 0 Å². The third-order valence-corrected chi connectivity index (χ3v) is 5.02. The molecule has 0 spiro atoms. The number of ether oxygens (including phenoxy) is 1. The van der Waals surface area contributed by atoms with Gasteiger partial charge in [-0.15, -0.1) is 0 Å². The van der Waals surface area contributed by atoms with Gasteiger partial charge in [-0.05, 0) is 53.6 Å². The highest BCUT2D eigenvalue weighted by Crippen LogP contribution is 2.21. The fourth-order valence-corrected chi connectivity index (χ4v) is 3.31. The highest BCUT2D eigenvalue weighted by atomic mass is 16.5. The summed E-state index contributed by atoms with van der Waals surface area (Å²) in [6, 6.07) is 25.7. The van der Waals surface area contributed by atoms with E-state index in [1.54, 1.807) is 6.07 Å². The normalized spacial score (nSPS) is 10.4. The Labute approximate surface area is 177 Å². The van der Waals surface area contributed by atoms with Crippen LogP contribution in [0.4, 0.5) is 0 Å². The smallest absolute Gasteiger partial charge is 0.337 e. The van der Waals surface area contributed by atoms with Crippen LogP contribution in [0.1, 0.15) is 40.7 Å². The van der Waals surface area contributed by atoms with E-state index in [-0.39, 0.29) is 11.9 Å². The summed E-state index contributed by atoms with van der Waals surface area (Å²) in [6.07, 6.45) is 3.45. The van der Waals surface area contributed by atoms with Gasteiger partial charge in [0.2, 0.25) is 5.91 Å². The Morgan fingerprint density at radius 1 is 0.800 bits per heavy atom. The highest BCUT2D eigenvalue weighted by molar-refractivity contribution is 5.91. The topological polar surface area (TPSA) is 55.4 Å². The fraction of sp³-hybridized carbons (Fsp3) is 0.231. The predicted molar refractivity (Wildman–Crippen MR) is 119 cm³/mol. The molecule has 0 heterocycles. The molecule has 1 N–H and O–H groups in total. The monoisotopic (exact) mass is 401 g/mol. The van der Waals surface area contributed by atoms with Crippen molar-refractivity contribution in [3.63, 3.8) is 0 Å². The van der Waals surface area contributed by atoms with Gasteiger partial charge in [-0.1, -0.05) is 66.7 Å². The first-order valence-corrected chi connectivity index (χ1v) is 10.2. The van der Waals surface area contributed by atoms with Crippen LogP contribution in [0.15, 0.2) is 78.9 Å². The van der Waals surface area contributed by atoms with Crippen LogP contribution in [0, 0.1) is 0 Å². The van der Waals surface area contributed by atoms with Crippen LogP contribution in [-0.4, -0.2) is 19.0 Å². The van der Waals surface area contributed by atoms with Crippen molar-refractivity contribution >= 4 is 11.9 Å². The number of unbranched alkanes of at least 4 members (excludes halogenated alkanes) is 1. The summed E-state index contributed by atoms with van der Waals surface area (Å²) in [5.74, 6) is -0.266. The molecule has 1 amide bonds. The molecule has 0 fully saturated rings. The Morgan fingerprint density at radius 3 is 2.30 bits per heavy atom. The summed E-state index contributed by atoms with van der Waals surface area (Å²) in [7, 11) is 1.38. The predicted octanol–water partition coefficient (Wildman–Crippen LogP) is 5.17. The molecule has 0 saturated heterocycles. The van der Waals surface area contributed by atoms with Gasteiger partial charge in [-0.2, -0.15) is 0 Å². The van der Waals surface area contributed by atoms with Gasteiger partial charge in [0.25, 0.3) is 0 Å². The van der Waals surface area contributed by atoms with Crippen molar-refractivity contribution in [3.05, 3.63) is 95.6 Å². The van der Waals surface area contributed by atoms with Gasteiger partial charge in [-0.25, -0.2) is 4.79 Å². The van der Waals surface area contributed by atoms with Gasteiger partial charge in [0.15, 0.2) is 0 Å². The van der Waals surface area contributed by atoms with Crippen LogP contribution in [-0.2, 0) is 22.5 Å². The van der Waals surface area contributed by atoms with Gasteiger partial charge in [0, 0.05) is 13.0 Å². The van der Waals surface area contributed by atoms with Crippen molar-refractivity contribution in [1.82, 2.24) is 5.32 Å². The number of carbonyl (C=O) groups is 2. The first-order valence-electron chi connectivity index (χ1n) is 10.2. The van der Waals surface area contributed by atoms with Gasteiger partial charge in [-0.3, -0.25) is 4.79 Å². The highest BCUT2D eigenvalue weighted by Gasteiger charge is 2.07. The maximum absolute atomic E-state index is 12.1. The maximum atomic E-state index is 12.1. The molecule has 0 aliphatic carbocycles. The minimum atomic E-state index is -0.347. The molecule has 0 aliphatic heterocycles. The van der Waals surface area contributed by atoms with Crippen molar-refractivity contribution in [3.8, 4) is 11.1 Å². The Balaban J connectivity index is 1.44. The molecule has 0 aliphatic rings. The number of carbonyl (C=O) groups excluding carboxylic acids is 2. The van der Waals surface area contributed by atoms with Gasteiger partial charge in [0.1, 0.15) is 0 Å². The summed E-state index contributed by atoms with van der Waals surface area (Å²) >= 11 is 0. The lowest BCUT2D eigenvalue weighted by Gasteiger charge is -2.08. The number of hydrogen-bond acceptors (Lipinski definition) is 3. The summed E-state index contributed by atoms with van der Waals surface area (Å²) in [4.78, 5) is 23.8. The average Bonchev–Trinajstić information content (AvgIpc) is 2.81. The Morgan fingerprint density at radius 2 is 1.57 bits per heavy atom. The lowest BCUT2D eigenvalue weighted by atomic mass is 10.0. The van der Waals surface area contributed by atoms with E-state index in [9.17, 15) is 9.59 Å². The molecule has 0 bridgehead atoms. The third kappa shape index (κ3) is 6.31. The number of aryl methyl sites for hydroxylation is 1. The number of benzene rings is 3. The Bertz CT molecular complexity index is 965. The summed E-state index contributed by atoms with van der Waals surface area (Å²) in [5.41, 5.74) is 4.85. The molecule has 4 nitrogen and oxygen atoms in total. The lowest BCUT2D eigenvalue weighted by Crippen LogP contribution is -2.22. The second-order valence-electron chi connectivity index (χ2n) is 7.24. The number of amides is 1. The van der Waals surface area contributed by atoms with Crippen LogP contribution in [0.25, 0.3) is 11.1 Å². The SMILES string of the molecule is COC(=O)c1cccc(-c2ccc(CNC(=O)CCCCc3ccccc3)cc2)c1. The molecule has 154 valence electrons. The van der Waals surface area contributed by atoms with E-state index in [1.807, 2.05) is 60.7 Å². The van der Waals surface area contributed by atoms with E-state index in [2.05, 4.69) is 17.4 Å². The van der Waals surface area contributed by atoms with Gasteiger partial charge < -0.3 is 10.1 Å². The fourth-order valence-electron chi connectivity index (χ4n) is 3.31. The van der Waals surface area contributed by atoms with E-state index < -0.39 is 0 Å². The van der Waals surface area contributed by atoms with Crippen molar-refractivity contribution in [2.75, 3.05) is 7.11 Å². The molecule has 30 heavy (non-hydrogen) atoms. The zero-order valence-electron chi connectivity index (χ0n) is 17.3. The number of esters is 1. The minimum absolute atomic E-state index is 0.0814. The number of methoxy groups -OCH3 is 1. The molecule has 0 aromatic heterocycles. The Kier molecular flexibility index (Phi) is 7.78. The van der Waals surface area contributed by atoms with Crippen molar-refractivity contribution in [2.45, 2.75) is 32.2 Å². The minimum Gasteiger partial charge on any atom is -0.465 e. The van der Waals surface area contributed by atoms with Gasteiger partial charge in [0.05, 0.1) is 12.7 Å². The van der Waals surface area contributed by atoms with E-state index in [0.29, 0.717) is 18.5 Å². The third-order valence-electron chi connectivity index (χ3n) is 5.02. The van der Waals surface area contributed by atoms with Crippen molar-refractivity contribution in [2.24, 2.45) is 0 Å². The molecule has 0 radical (unpaired) electrons. The quantitative estimate of drug-likeness (QED) is 0.398. The number of nitrogens with one attached hydrogen (secondary N) is 1. The second kappa shape index (κ2) is 11.0. The lowest BCUT2D eigenvalue weighted by molar-refractivity contribution is -0.121. The number of hydrogen-bond donors (Lipinski definition) is 1. The van der Waals surface area contributed by atoms with Crippen LogP contribution in [0.2, 0.25) is 0 Å². The van der Waals surface area contributed by atoms with E-state index in [0.717, 1.165) is 36.0 Å². The second-order valence-corrected chi connectivity index (χ2v) is 7.24. The molecular weight excluding hydrogens is 374 g/mol. The first-order chi connectivity index (χ1) is 14.7. The molecule has 0 unspecified atom stereocenters. The molecule has 3 rings (SSSR count). The molecule has 4 heteroatoms. The maximum Gasteiger partial charge on any atom is 0.337 e. The molecule has 0 atom stereocenters.